The van der Waals surface area contributed by atoms with Crippen LogP contribution >= 0.6 is 0 Å². The Bertz CT molecular complexity index is 929. The molecular weight excluding hydrogens is 362 g/mol. The third-order valence-electron chi connectivity index (χ3n) is 4.74. The molecule has 0 heterocycles. The van der Waals surface area contributed by atoms with Crippen molar-refractivity contribution < 1.29 is 9.84 Å². The highest BCUT2D eigenvalue weighted by Crippen LogP contribution is 2.26. The maximum Gasteiger partial charge on any atom is 0.193 e. The molecule has 1 atom stereocenters. The van der Waals surface area contributed by atoms with Crippen molar-refractivity contribution in [3.05, 3.63) is 102 Å². The maximum atomic E-state index is 11.5. The summed E-state index contributed by atoms with van der Waals surface area (Å²) in [4.78, 5) is 4.46. The number of rotatable bonds is 8. The van der Waals surface area contributed by atoms with Gasteiger partial charge in [-0.05, 0) is 17.2 Å². The Morgan fingerprint density at radius 3 is 2.28 bits per heavy atom. The number of hydrogen-bond acceptors (Lipinski definition) is 3. The number of nitrogens with one attached hydrogen (secondary N) is 1. The van der Waals surface area contributed by atoms with Crippen LogP contribution in [0.4, 0.5) is 5.69 Å². The third kappa shape index (κ3) is 5.67. The number of guanidine groups is 1. The molecule has 0 fully saturated rings. The molecule has 0 aliphatic heterocycles. The summed E-state index contributed by atoms with van der Waals surface area (Å²) in [6.45, 7) is 0.607. The van der Waals surface area contributed by atoms with Crippen molar-refractivity contribution in [2.24, 2.45) is 10.7 Å². The number of para-hydroxylation sites is 1. The standard InChI is InChI=1S/C24H27N3O2/c1-29-17-20-12-8-9-15-22(20)27-23(25)26-18-24(28,21-13-6-3-7-14-21)16-19-10-4-2-5-11-19/h2-15,28H,16-18H2,1H3,(H3,25,26,27). The smallest absolute Gasteiger partial charge is 0.193 e. The van der Waals surface area contributed by atoms with E-state index in [0.717, 1.165) is 22.4 Å². The fourth-order valence-electron chi connectivity index (χ4n) is 3.25. The molecule has 3 aromatic rings. The van der Waals surface area contributed by atoms with Gasteiger partial charge < -0.3 is 20.9 Å². The van der Waals surface area contributed by atoms with Gasteiger partial charge in [0, 0.05) is 24.8 Å². The predicted octanol–water partition coefficient (Wildman–Crippen LogP) is 3.69. The van der Waals surface area contributed by atoms with Gasteiger partial charge in [-0.3, -0.25) is 0 Å². The minimum atomic E-state index is -1.17. The lowest BCUT2D eigenvalue weighted by Crippen LogP contribution is -2.34. The van der Waals surface area contributed by atoms with Gasteiger partial charge in [0.1, 0.15) is 5.60 Å². The Morgan fingerprint density at radius 1 is 0.966 bits per heavy atom. The van der Waals surface area contributed by atoms with Gasteiger partial charge in [-0.2, -0.15) is 0 Å². The molecular formula is C24H27N3O2. The summed E-state index contributed by atoms with van der Waals surface area (Å²) < 4.78 is 5.23. The lowest BCUT2D eigenvalue weighted by Gasteiger charge is -2.27. The normalized spacial score (nSPS) is 13.7. The van der Waals surface area contributed by atoms with Crippen molar-refractivity contribution in [2.45, 2.75) is 18.6 Å². The van der Waals surface area contributed by atoms with Crippen molar-refractivity contribution in [2.75, 3.05) is 19.0 Å². The first-order valence-corrected chi connectivity index (χ1v) is 9.56. The average molecular weight is 389 g/mol. The fourth-order valence-corrected chi connectivity index (χ4v) is 3.25. The van der Waals surface area contributed by atoms with Crippen LogP contribution in [0.25, 0.3) is 0 Å². The van der Waals surface area contributed by atoms with Crippen LogP contribution in [-0.4, -0.2) is 24.7 Å². The van der Waals surface area contributed by atoms with E-state index in [4.69, 9.17) is 10.5 Å². The zero-order chi connectivity index (χ0) is 20.5. The molecule has 3 rings (SSSR count). The van der Waals surface area contributed by atoms with Crippen molar-refractivity contribution in [3.8, 4) is 0 Å². The number of ether oxygens (including phenoxy) is 1. The van der Waals surface area contributed by atoms with Crippen LogP contribution in [0, 0.1) is 0 Å². The number of nitrogens with zero attached hydrogens (tertiary/aromatic N) is 1. The van der Waals surface area contributed by atoms with Gasteiger partial charge in [-0.25, -0.2) is 4.99 Å². The van der Waals surface area contributed by atoms with Gasteiger partial charge >= 0.3 is 0 Å². The lowest BCUT2D eigenvalue weighted by molar-refractivity contribution is 0.0468. The number of nitrogens with two attached hydrogens (primary N) is 1. The third-order valence-corrected chi connectivity index (χ3v) is 4.74. The molecule has 0 saturated heterocycles. The first-order valence-electron chi connectivity index (χ1n) is 9.56. The minimum Gasteiger partial charge on any atom is -0.383 e. The monoisotopic (exact) mass is 389 g/mol. The molecule has 29 heavy (non-hydrogen) atoms. The Morgan fingerprint density at radius 2 is 1.59 bits per heavy atom. The number of benzene rings is 3. The number of aliphatic imine (C=N–C) groups is 1. The second-order valence-corrected chi connectivity index (χ2v) is 6.98. The second-order valence-electron chi connectivity index (χ2n) is 6.98. The molecule has 4 N–H and O–H groups in total. The number of hydrogen-bond donors (Lipinski definition) is 3. The van der Waals surface area contributed by atoms with Gasteiger partial charge in [0.15, 0.2) is 5.96 Å². The van der Waals surface area contributed by atoms with Gasteiger partial charge in [0.25, 0.3) is 0 Å². The zero-order valence-corrected chi connectivity index (χ0v) is 16.6. The molecule has 0 radical (unpaired) electrons. The second kappa shape index (κ2) is 9.87. The van der Waals surface area contributed by atoms with Crippen LogP contribution in [0.1, 0.15) is 16.7 Å². The summed E-state index contributed by atoms with van der Waals surface area (Å²) >= 11 is 0. The minimum absolute atomic E-state index is 0.136. The van der Waals surface area contributed by atoms with Crippen molar-refractivity contribution >= 4 is 11.6 Å². The molecule has 0 bridgehead atoms. The van der Waals surface area contributed by atoms with Crippen LogP contribution in [0.2, 0.25) is 0 Å². The summed E-state index contributed by atoms with van der Waals surface area (Å²) in [6, 6.07) is 27.2. The van der Waals surface area contributed by atoms with Crippen LogP contribution in [-0.2, 0) is 23.4 Å². The van der Waals surface area contributed by atoms with E-state index in [1.165, 1.54) is 0 Å². The van der Waals surface area contributed by atoms with Gasteiger partial charge in [-0.15, -0.1) is 0 Å². The summed E-state index contributed by atoms with van der Waals surface area (Å²) in [7, 11) is 1.65. The van der Waals surface area contributed by atoms with E-state index in [1.807, 2.05) is 84.9 Å². The first-order chi connectivity index (χ1) is 14.1. The Kier molecular flexibility index (Phi) is 7.00. The molecule has 150 valence electrons. The van der Waals surface area contributed by atoms with E-state index in [-0.39, 0.29) is 12.5 Å². The van der Waals surface area contributed by atoms with Crippen LogP contribution in [0.15, 0.2) is 89.9 Å². The van der Waals surface area contributed by atoms with Crippen LogP contribution in [0.5, 0.6) is 0 Å². The number of methoxy groups -OCH3 is 1. The SMILES string of the molecule is COCc1ccccc1NC(N)=NCC(O)(Cc1ccccc1)c1ccccc1. The highest BCUT2D eigenvalue weighted by Gasteiger charge is 2.29. The average Bonchev–Trinajstić information content (AvgIpc) is 2.75. The highest BCUT2D eigenvalue weighted by atomic mass is 16.5. The van der Waals surface area contributed by atoms with E-state index in [9.17, 15) is 5.11 Å². The summed E-state index contributed by atoms with van der Waals surface area (Å²) in [5.41, 5.74) is 8.63. The zero-order valence-electron chi connectivity index (χ0n) is 16.6. The van der Waals surface area contributed by atoms with E-state index >= 15 is 0 Å². The quantitative estimate of drug-likeness (QED) is 0.405. The Labute approximate surface area is 171 Å². The van der Waals surface area contributed by atoms with Crippen molar-refractivity contribution in [1.29, 1.82) is 0 Å². The van der Waals surface area contributed by atoms with Gasteiger partial charge in [0.05, 0.1) is 13.2 Å². The van der Waals surface area contributed by atoms with Crippen LogP contribution in [0.3, 0.4) is 0 Å². The maximum absolute atomic E-state index is 11.5. The molecule has 0 saturated carbocycles. The lowest BCUT2D eigenvalue weighted by atomic mass is 9.87. The first kappa shape index (κ1) is 20.6. The molecule has 0 aliphatic rings. The van der Waals surface area contributed by atoms with E-state index < -0.39 is 5.60 Å². The number of anilines is 1. The Hall–Kier alpha value is -3.15. The van der Waals surface area contributed by atoms with Crippen LogP contribution < -0.4 is 11.1 Å². The molecule has 5 nitrogen and oxygen atoms in total. The highest BCUT2D eigenvalue weighted by molar-refractivity contribution is 5.93. The van der Waals surface area contributed by atoms with Crippen molar-refractivity contribution in [1.82, 2.24) is 0 Å². The summed E-state index contributed by atoms with van der Waals surface area (Å²) in [6.07, 6.45) is 0.439. The number of aliphatic hydroxyl groups is 1. The molecule has 0 aliphatic carbocycles. The fraction of sp³-hybridized carbons (Fsp3) is 0.208. The van der Waals surface area contributed by atoms with Gasteiger partial charge in [-0.1, -0.05) is 78.9 Å². The summed E-state index contributed by atoms with van der Waals surface area (Å²) in [5, 5.41) is 14.6. The molecule has 5 heteroatoms. The predicted molar refractivity (Wildman–Crippen MR) is 118 cm³/mol. The Balaban J connectivity index is 1.81. The molecule has 1 unspecified atom stereocenters. The van der Waals surface area contributed by atoms with E-state index in [2.05, 4.69) is 10.3 Å². The topological polar surface area (TPSA) is 79.9 Å². The molecule has 3 aromatic carbocycles. The molecule has 0 spiro atoms. The molecule has 0 aromatic heterocycles. The summed E-state index contributed by atoms with van der Waals surface area (Å²) in [5.74, 6) is 0.246. The largest absolute Gasteiger partial charge is 0.383 e. The molecule has 0 amide bonds. The van der Waals surface area contributed by atoms with E-state index in [0.29, 0.717) is 13.0 Å². The van der Waals surface area contributed by atoms with E-state index in [1.54, 1.807) is 7.11 Å². The van der Waals surface area contributed by atoms with Crippen molar-refractivity contribution in [3.63, 3.8) is 0 Å². The van der Waals surface area contributed by atoms with Gasteiger partial charge in [0.2, 0.25) is 0 Å².